The number of nitrogens with zero attached hydrogens (tertiary/aromatic N) is 15. The quantitative estimate of drug-likeness (QED) is 0.0675. The maximum atomic E-state index is 5.42. The van der Waals surface area contributed by atoms with E-state index in [9.17, 15) is 0 Å². The number of rotatable bonds is 14. The Kier molecular flexibility index (Phi) is 39.9. The van der Waals surface area contributed by atoms with Crippen molar-refractivity contribution in [2.24, 2.45) is 0 Å². The highest BCUT2D eigenvalue weighted by atomic mass is 32.1. The van der Waals surface area contributed by atoms with E-state index in [1.165, 1.54) is 27.7 Å². The van der Waals surface area contributed by atoms with E-state index in [1.54, 1.807) is 44.1 Å². The predicted molar refractivity (Wildman–Crippen MR) is 378 cm³/mol. The lowest BCUT2D eigenvalue weighted by molar-refractivity contribution is 0.174. The molecular formula is C66H112N20O7S2. The number of ether oxygens (including phenoxy) is 1. The van der Waals surface area contributed by atoms with Crippen molar-refractivity contribution >= 4 is 39.8 Å². The van der Waals surface area contributed by atoms with Gasteiger partial charge < -0.3 is 63.6 Å². The van der Waals surface area contributed by atoms with Gasteiger partial charge >= 0.3 is 0 Å². The molecule has 0 aromatic carbocycles. The first kappa shape index (κ1) is 85.0. The Morgan fingerprint density at radius 3 is 1.21 bits per heavy atom. The Bertz CT molecular complexity index is 2980. The lowest BCUT2D eigenvalue weighted by Crippen LogP contribution is -2.11. The first-order chi connectivity index (χ1) is 44.4. The van der Waals surface area contributed by atoms with Crippen LogP contribution in [0.25, 0.3) is 0 Å². The minimum Gasteiger partial charge on any atom is -0.449 e. The van der Waals surface area contributed by atoms with Gasteiger partial charge in [0.2, 0.25) is 29.5 Å². The van der Waals surface area contributed by atoms with Crippen LogP contribution in [-0.2, 0) is 17.9 Å². The van der Waals surface area contributed by atoms with Gasteiger partial charge in [0.25, 0.3) is 6.01 Å². The average molecular weight is 1360 g/mol. The number of thiazole rings is 2. The molecule has 0 radical (unpaired) electrons. The number of H-pyrrole nitrogens is 2. The first-order valence-corrected chi connectivity index (χ1v) is 33.6. The van der Waals surface area contributed by atoms with Crippen molar-refractivity contribution in [2.45, 2.75) is 245 Å². The van der Waals surface area contributed by atoms with E-state index >= 15 is 0 Å². The zero-order valence-corrected chi connectivity index (χ0v) is 63.4. The summed E-state index contributed by atoms with van der Waals surface area (Å²) in [6.07, 6.45) is 6.94. The number of anilines is 3. The summed E-state index contributed by atoms with van der Waals surface area (Å²) < 4.78 is 34.6. The third-order valence-electron chi connectivity index (χ3n) is 12.1. The van der Waals surface area contributed by atoms with Gasteiger partial charge in [-0.1, -0.05) is 154 Å². The van der Waals surface area contributed by atoms with Gasteiger partial charge in [-0.25, -0.2) is 24.9 Å². The minimum atomic E-state index is 0.249. The van der Waals surface area contributed by atoms with Crippen molar-refractivity contribution in [2.75, 3.05) is 38.4 Å². The Labute approximate surface area is 571 Å². The number of nitrogens with two attached hydrogens (primary N) is 3. The van der Waals surface area contributed by atoms with Gasteiger partial charge in [-0.2, -0.15) is 19.9 Å². The van der Waals surface area contributed by atoms with Gasteiger partial charge in [0.05, 0.1) is 40.5 Å². The Morgan fingerprint density at radius 1 is 0.474 bits per heavy atom. The number of hydrogen-bond donors (Lipinski definition) is 5. The molecule has 0 aliphatic heterocycles. The molecule has 10 aromatic heterocycles. The minimum absolute atomic E-state index is 0.249. The van der Waals surface area contributed by atoms with Crippen LogP contribution in [0.1, 0.15) is 295 Å². The smallest absolute Gasteiger partial charge is 0.292 e. The summed E-state index contributed by atoms with van der Waals surface area (Å²) in [5.74, 6) is 12.0. The fourth-order valence-electron chi connectivity index (χ4n) is 6.43. The summed E-state index contributed by atoms with van der Waals surface area (Å²) in [7, 11) is 5.56. The molecule has 10 aromatic rings. The molecule has 530 valence electrons. The van der Waals surface area contributed by atoms with Crippen molar-refractivity contribution < 1.29 is 31.6 Å². The number of nitrogens with one attached hydrogen (secondary N) is 2. The normalized spacial score (nSPS) is 10.8. The second kappa shape index (κ2) is 44.6. The van der Waals surface area contributed by atoms with Crippen LogP contribution >= 0.6 is 22.7 Å². The second-order valence-electron chi connectivity index (χ2n) is 25.1. The van der Waals surface area contributed by atoms with Crippen LogP contribution in [-0.4, -0.2) is 107 Å². The van der Waals surface area contributed by atoms with Crippen molar-refractivity contribution in [3.05, 3.63) is 133 Å². The maximum Gasteiger partial charge on any atom is 0.292 e. The Hall–Kier alpha value is -8.02. The lowest BCUT2D eigenvalue weighted by Gasteiger charge is -2.03. The zero-order chi connectivity index (χ0) is 72.2. The van der Waals surface area contributed by atoms with E-state index in [4.69, 9.17) is 48.8 Å². The monoisotopic (exact) mass is 1360 g/mol. The molecule has 0 aliphatic rings. The van der Waals surface area contributed by atoms with Crippen LogP contribution in [0.3, 0.4) is 0 Å². The number of methoxy groups -OCH3 is 1. The fraction of sp³-hybridized carbons (Fsp3) is 0.606. The number of aromatic nitrogens is 16. The van der Waals surface area contributed by atoms with Crippen LogP contribution < -0.4 is 17.2 Å². The molecule has 0 saturated carbocycles. The van der Waals surface area contributed by atoms with Crippen LogP contribution in [0.15, 0.2) is 62.5 Å². The van der Waals surface area contributed by atoms with Crippen LogP contribution in [0, 0.1) is 34.6 Å². The van der Waals surface area contributed by atoms with E-state index in [1.807, 2.05) is 128 Å². The molecule has 10 heterocycles. The van der Waals surface area contributed by atoms with Gasteiger partial charge in [-0.05, 0) is 70.4 Å². The Morgan fingerprint density at radius 2 is 0.947 bits per heavy atom. The standard InChI is InChI=1S/C8H15N3O.C7H12N2O2.C7H12N2.C7H11NO.C7H11NS.C6H11N3.3C6H10N2O.C6H10N2S/c1-6(2)8-9-7(10-12-8)5-11(3)4;1-5(2)7-8-6(4-10-3)9-11-7;1-5(2)7-4-8-6(3)9-7;2*1-5(2)7-4-9-6(3)8-7;1-4(2)5-3-8-6(7)9-5;1-4(2)6-8-7-5(3)9-6;1-4(2)6-7-5(3)8-9-6;2*1-4(2)5-3-9-6(7)8-5/h6H,5H2,1-4H3;5H,4H2,1-3H3;4-5H,1-3H3,(H,8,9);2*4-5H,1-3H3;3-4H,1-2H3,(H3,7,8,9);2*4H,1-3H3;2*3-4H,1-2H3,(H2,7,8). The van der Waals surface area contributed by atoms with Gasteiger partial charge in [-0.15, -0.1) is 32.9 Å². The van der Waals surface area contributed by atoms with Gasteiger partial charge in [0.1, 0.15) is 25.0 Å². The Balaban J connectivity index is 0.000000529. The van der Waals surface area contributed by atoms with Gasteiger partial charge in [-0.3, -0.25) is 0 Å². The third kappa shape index (κ3) is 36.5. The summed E-state index contributed by atoms with van der Waals surface area (Å²) in [6.45, 7) is 52.0. The fourth-order valence-corrected chi connectivity index (χ4v) is 7.93. The van der Waals surface area contributed by atoms with E-state index in [2.05, 4.69) is 155 Å². The van der Waals surface area contributed by atoms with Crippen LogP contribution in [0.5, 0.6) is 0 Å². The summed E-state index contributed by atoms with van der Waals surface area (Å²) in [5, 5.41) is 24.7. The van der Waals surface area contributed by atoms with Crippen molar-refractivity contribution in [3.8, 4) is 0 Å². The largest absolute Gasteiger partial charge is 0.449 e. The molecule has 27 nitrogen and oxygen atoms in total. The van der Waals surface area contributed by atoms with E-state index < -0.39 is 0 Å². The second-order valence-corrected chi connectivity index (χ2v) is 27.1. The van der Waals surface area contributed by atoms with Crippen molar-refractivity contribution in [1.82, 2.24) is 85.4 Å². The summed E-state index contributed by atoms with van der Waals surface area (Å²) in [5.41, 5.74) is 22.6. The first-order valence-electron chi connectivity index (χ1n) is 31.9. The molecule has 0 aliphatic carbocycles. The number of oxazole rings is 2. The highest BCUT2D eigenvalue weighted by Gasteiger charge is 2.12. The molecule has 0 atom stereocenters. The number of nitrogen functional groups attached to an aromatic ring is 3. The summed E-state index contributed by atoms with van der Waals surface area (Å²) >= 11 is 3.22. The number of hydrogen-bond acceptors (Lipinski definition) is 27. The molecule has 0 fully saturated rings. The molecule has 0 amide bonds. The maximum absolute atomic E-state index is 5.42. The zero-order valence-electron chi connectivity index (χ0n) is 61.8. The molecular weight excluding hydrogens is 1250 g/mol. The molecule has 95 heavy (non-hydrogen) atoms. The predicted octanol–water partition coefficient (Wildman–Crippen LogP) is 16.5. The lowest BCUT2D eigenvalue weighted by atomic mass is 10.2. The average Bonchev–Trinajstić information content (AvgIpc) is 2.67. The van der Waals surface area contributed by atoms with E-state index in [-0.39, 0.29) is 11.9 Å². The van der Waals surface area contributed by atoms with Crippen molar-refractivity contribution in [1.29, 1.82) is 0 Å². The topological polar surface area (TPSA) is 381 Å². The molecule has 29 heteroatoms. The van der Waals surface area contributed by atoms with Gasteiger partial charge in [0, 0.05) is 73.0 Å². The number of aryl methyl sites for hydroxylation is 5. The SMILES string of the molecule is CC(C)c1cnc(N)[nH]1.CC(C)c1coc(N)n1.CC(C)c1csc(N)n1.CC(C)c1nc(CN(C)C)no1.COCc1noc(C(C)C)n1.Cc1nc(C(C)C)co1.Cc1nc(C(C)C)cs1.Cc1ncc(C(C)C)[nH]1.Cc1nnc(C(C)C)o1.Cc1noc(C(C)C)n1. The number of imidazole rings is 2. The van der Waals surface area contributed by atoms with Gasteiger partial charge in [0.15, 0.2) is 34.4 Å². The van der Waals surface area contributed by atoms with Crippen LogP contribution in [0.2, 0.25) is 0 Å². The van der Waals surface area contributed by atoms with E-state index in [0.717, 1.165) is 46.9 Å². The van der Waals surface area contributed by atoms with Crippen LogP contribution in [0.4, 0.5) is 17.1 Å². The van der Waals surface area contributed by atoms with Crippen molar-refractivity contribution in [3.63, 3.8) is 0 Å². The molecule has 0 saturated heterocycles. The molecule has 10 rings (SSSR count). The summed E-state index contributed by atoms with van der Waals surface area (Å²) in [4.78, 5) is 44.9. The molecule has 0 bridgehead atoms. The summed E-state index contributed by atoms with van der Waals surface area (Å²) in [6, 6.07) is 0.249. The highest BCUT2D eigenvalue weighted by molar-refractivity contribution is 7.13. The number of aromatic amines is 2. The molecule has 0 unspecified atom stereocenters. The third-order valence-corrected chi connectivity index (χ3v) is 13.5. The van der Waals surface area contributed by atoms with E-state index in [0.29, 0.717) is 112 Å². The molecule has 8 N–H and O–H groups in total. The molecule has 0 spiro atoms. The highest BCUT2D eigenvalue weighted by Crippen LogP contribution is 2.20.